The summed E-state index contributed by atoms with van der Waals surface area (Å²) in [5, 5.41) is 17.7. The second kappa shape index (κ2) is 4.29. The van der Waals surface area contributed by atoms with Crippen molar-refractivity contribution in [2.45, 2.75) is 0 Å². The van der Waals surface area contributed by atoms with E-state index in [9.17, 15) is 0 Å². The Morgan fingerprint density at radius 2 is 1.50 bits per heavy atom. The van der Waals surface area contributed by atoms with Gasteiger partial charge in [0.05, 0.1) is 11.1 Å². The molecule has 0 unspecified atom stereocenters. The van der Waals surface area contributed by atoms with Crippen LogP contribution < -0.4 is 0 Å². The number of hydrogen-bond donors (Lipinski definition) is 0. The fourth-order valence-electron chi connectivity index (χ4n) is 1.49. The molecule has 0 amide bonds. The topological polar surface area (TPSA) is 47.6 Å². The summed E-state index contributed by atoms with van der Waals surface area (Å²) in [6.07, 6.45) is 0. The normalized spacial score (nSPS) is 9.12. The van der Waals surface area contributed by atoms with Crippen molar-refractivity contribution in [3.05, 3.63) is 59.7 Å². The first-order chi connectivity index (χ1) is 7.85. The molecule has 16 heavy (non-hydrogen) atoms. The molecule has 2 heteroatoms. The highest BCUT2D eigenvalue weighted by molar-refractivity contribution is 5.67. The van der Waals surface area contributed by atoms with Crippen molar-refractivity contribution in [2.24, 2.45) is 0 Å². The Bertz CT molecular complexity index is 586. The monoisotopic (exact) mass is 203 g/mol. The van der Waals surface area contributed by atoms with Gasteiger partial charge in [0.15, 0.2) is 0 Å². The van der Waals surface area contributed by atoms with E-state index in [0.29, 0.717) is 11.1 Å². The van der Waals surface area contributed by atoms with Gasteiger partial charge in [-0.15, -0.1) is 0 Å². The minimum absolute atomic E-state index is 0.410. The number of nitrogens with zero attached hydrogens (tertiary/aromatic N) is 2. The van der Waals surface area contributed by atoms with Gasteiger partial charge < -0.3 is 0 Å². The van der Waals surface area contributed by atoms with Crippen LogP contribution in [-0.4, -0.2) is 0 Å². The first kappa shape index (κ1) is 9.96. The van der Waals surface area contributed by atoms with E-state index in [-0.39, 0.29) is 0 Å². The predicted molar refractivity (Wildman–Crippen MR) is 60.1 cm³/mol. The van der Waals surface area contributed by atoms with Crippen molar-refractivity contribution in [1.82, 2.24) is 0 Å². The molecular formula is C14H7N2. The number of hydrogen-bond acceptors (Lipinski definition) is 2. The Morgan fingerprint density at radius 3 is 2.12 bits per heavy atom. The van der Waals surface area contributed by atoms with Crippen molar-refractivity contribution in [2.75, 3.05) is 0 Å². The van der Waals surface area contributed by atoms with Crippen LogP contribution in [0.2, 0.25) is 0 Å². The second-order valence-corrected chi connectivity index (χ2v) is 3.27. The van der Waals surface area contributed by atoms with Gasteiger partial charge in [0.25, 0.3) is 0 Å². The molecule has 0 saturated heterocycles. The Hall–Kier alpha value is -2.58. The van der Waals surface area contributed by atoms with Crippen molar-refractivity contribution in [3.8, 4) is 23.3 Å². The lowest BCUT2D eigenvalue weighted by atomic mass is 10.0. The van der Waals surface area contributed by atoms with Gasteiger partial charge in [0.1, 0.15) is 12.1 Å². The zero-order chi connectivity index (χ0) is 11.4. The third-order valence-electron chi connectivity index (χ3n) is 2.31. The summed E-state index contributed by atoms with van der Waals surface area (Å²) in [7, 11) is 0. The largest absolute Gasteiger partial charge is 0.192 e. The first-order valence-corrected chi connectivity index (χ1v) is 4.76. The van der Waals surface area contributed by atoms with Crippen LogP contribution in [0.5, 0.6) is 0 Å². The average Bonchev–Trinajstić information content (AvgIpc) is 2.39. The van der Waals surface area contributed by atoms with Gasteiger partial charge in [-0.2, -0.15) is 10.5 Å². The van der Waals surface area contributed by atoms with E-state index in [2.05, 4.69) is 6.07 Å². The maximum absolute atomic E-state index is 8.91. The minimum atomic E-state index is 0.410. The maximum atomic E-state index is 8.91. The molecule has 2 nitrogen and oxygen atoms in total. The molecule has 0 heterocycles. The Labute approximate surface area is 94.0 Å². The van der Waals surface area contributed by atoms with Crippen molar-refractivity contribution in [3.63, 3.8) is 0 Å². The lowest BCUT2D eigenvalue weighted by Gasteiger charge is -2.02. The summed E-state index contributed by atoms with van der Waals surface area (Å²) in [6, 6.07) is 19.7. The van der Waals surface area contributed by atoms with E-state index in [0.717, 1.165) is 11.1 Å². The Morgan fingerprint density at radius 1 is 0.812 bits per heavy atom. The van der Waals surface area contributed by atoms with E-state index in [1.54, 1.807) is 12.1 Å². The molecule has 1 radical (unpaired) electrons. The highest BCUT2D eigenvalue weighted by Gasteiger charge is 2.03. The van der Waals surface area contributed by atoms with Gasteiger partial charge in [0, 0.05) is 0 Å². The third-order valence-corrected chi connectivity index (χ3v) is 2.31. The van der Waals surface area contributed by atoms with Crippen LogP contribution >= 0.6 is 0 Å². The molecule has 0 aromatic heterocycles. The lowest BCUT2D eigenvalue weighted by molar-refractivity contribution is 1.43. The third kappa shape index (κ3) is 1.78. The van der Waals surface area contributed by atoms with Crippen LogP contribution in [0.3, 0.4) is 0 Å². The van der Waals surface area contributed by atoms with Crippen LogP contribution in [0.1, 0.15) is 11.1 Å². The molecule has 0 aliphatic carbocycles. The second-order valence-electron chi connectivity index (χ2n) is 3.27. The molecule has 2 rings (SSSR count). The zero-order valence-corrected chi connectivity index (χ0v) is 8.44. The van der Waals surface area contributed by atoms with Crippen LogP contribution in [0, 0.1) is 28.7 Å². The number of benzene rings is 2. The lowest BCUT2D eigenvalue weighted by Crippen LogP contribution is -1.85. The van der Waals surface area contributed by atoms with Gasteiger partial charge >= 0.3 is 0 Å². The van der Waals surface area contributed by atoms with Crippen LogP contribution in [-0.2, 0) is 0 Å². The van der Waals surface area contributed by atoms with E-state index in [1.807, 2.05) is 42.5 Å². The number of rotatable bonds is 1. The first-order valence-electron chi connectivity index (χ1n) is 4.76. The average molecular weight is 203 g/mol. The fraction of sp³-hybridized carbons (Fsp3) is 0. The summed E-state index contributed by atoms with van der Waals surface area (Å²) < 4.78 is 0. The van der Waals surface area contributed by atoms with Crippen LogP contribution in [0.25, 0.3) is 11.1 Å². The molecule has 0 atom stereocenters. The maximum Gasteiger partial charge on any atom is 0.101 e. The van der Waals surface area contributed by atoms with E-state index >= 15 is 0 Å². The highest BCUT2D eigenvalue weighted by atomic mass is 14.3. The minimum Gasteiger partial charge on any atom is -0.192 e. The molecule has 2 aromatic rings. The van der Waals surface area contributed by atoms with Gasteiger partial charge in [-0.3, -0.25) is 0 Å². The Balaban J connectivity index is 2.55. The van der Waals surface area contributed by atoms with Crippen molar-refractivity contribution in [1.29, 1.82) is 10.5 Å². The zero-order valence-electron chi connectivity index (χ0n) is 8.44. The van der Waals surface area contributed by atoms with Crippen LogP contribution in [0.4, 0.5) is 0 Å². The van der Waals surface area contributed by atoms with Gasteiger partial charge in [-0.1, -0.05) is 30.3 Å². The molecule has 0 saturated carbocycles. The summed E-state index contributed by atoms with van der Waals surface area (Å²) in [5.74, 6) is 0. The molecule has 0 aliphatic rings. The molecule has 0 spiro atoms. The van der Waals surface area contributed by atoms with Crippen LogP contribution in [0.15, 0.2) is 42.5 Å². The molecular weight excluding hydrogens is 196 g/mol. The van der Waals surface area contributed by atoms with Crippen molar-refractivity contribution < 1.29 is 0 Å². The summed E-state index contributed by atoms with van der Waals surface area (Å²) in [6.45, 7) is 0. The summed E-state index contributed by atoms with van der Waals surface area (Å²) >= 11 is 0. The Kier molecular flexibility index (Phi) is 2.67. The number of nitriles is 2. The van der Waals surface area contributed by atoms with Gasteiger partial charge in [-0.05, 0) is 29.3 Å². The van der Waals surface area contributed by atoms with Gasteiger partial charge in [0.2, 0.25) is 0 Å². The smallest absolute Gasteiger partial charge is 0.101 e. The summed E-state index contributed by atoms with van der Waals surface area (Å²) in [5.41, 5.74) is 2.77. The predicted octanol–water partition coefficient (Wildman–Crippen LogP) is 2.90. The molecule has 2 aromatic carbocycles. The van der Waals surface area contributed by atoms with E-state index < -0.39 is 0 Å². The SMILES string of the molecule is N#Cc1ccc(-c2cc[c]cc2)cc1C#N. The standard InChI is InChI=1S/C14H7N2/c15-9-13-7-6-12(8-14(13)10-16)11-4-2-1-3-5-11/h2-8H. The van der Waals surface area contributed by atoms with E-state index in [4.69, 9.17) is 10.5 Å². The highest BCUT2D eigenvalue weighted by Crippen LogP contribution is 2.21. The van der Waals surface area contributed by atoms with Gasteiger partial charge in [-0.25, -0.2) is 0 Å². The summed E-state index contributed by atoms with van der Waals surface area (Å²) in [4.78, 5) is 0. The molecule has 73 valence electrons. The quantitative estimate of drug-likeness (QED) is 0.715. The molecule has 0 bridgehead atoms. The molecule has 0 aliphatic heterocycles. The molecule has 0 N–H and O–H groups in total. The van der Waals surface area contributed by atoms with E-state index in [1.165, 1.54) is 0 Å². The van der Waals surface area contributed by atoms with Crippen molar-refractivity contribution >= 4 is 0 Å². The molecule has 0 fully saturated rings. The fourth-order valence-corrected chi connectivity index (χ4v) is 1.49.